The van der Waals surface area contributed by atoms with Crippen molar-refractivity contribution in [3.63, 3.8) is 0 Å². The number of amides is 1. The van der Waals surface area contributed by atoms with Gasteiger partial charge in [-0.1, -0.05) is 43.2 Å². The predicted octanol–water partition coefficient (Wildman–Crippen LogP) is 2.38. The molecule has 1 atom stereocenters. The highest BCUT2D eigenvalue weighted by atomic mass is 16.6. The topological polar surface area (TPSA) is 113 Å². The van der Waals surface area contributed by atoms with Gasteiger partial charge < -0.3 is 10.1 Å². The lowest BCUT2D eigenvalue weighted by atomic mass is 10.0. The second-order valence-corrected chi connectivity index (χ2v) is 7.19. The third kappa shape index (κ3) is 4.99. The Bertz CT molecular complexity index is 860. The minimum atomic E-state index is -0.541. The van der Waals surface area contributed by atoms with Gasteiger partial charge in [0.15, 0.2) is 0 Å². The van der Waals surface area contributed by atoms with Gasteiger partial charge >= 0.3 is 5.69 Å². The maximum atomic E-state index is 12.7. The average molecular weight is 401 g/mol. The molecule has 2 N–H and O–H groups in total. The van der Waals surface area contributed by atoms with Crippen LogP contribution in [0.1, 0.15) is 46.7 Å². The van der Waals surface area contributed by atoms with E-state index in [0.717, 1.165) is 30.6 Å². The van der Waals surface area contributed by atoms with Crippen molar-refractivity contribution in [3.8, 4) is 0 Å². The number of H-pyrrole nitrogens is 1. The van der Waals surface area contributed by atoms with Crippen LogP contribution >= 0.6 is 0 Å². The predicted molar refractivity (Wildman–Crippen MR) is 108 cm³/mol. The number of aryl methyl sites for hydroxylation is 2. The summed E-state index contributed by atoms with van der Waals surface area (Å²) in [6, 6.07) is 8.12. The molecule has 0 aliphatic carbocycles. The molecular formula is C20H27N5O4. The maximum Gasteiger partial charge on any atom is 0.322 e. The number of carbonyl (C=O) groups excluding carboxylic acids is 1. The fraction of sp³-hybridized carbons (Fsp3) is 0.500. The average Bonchev–Trinajstić information content (AvgIpc) is 3.13. The van der Waals surface area contributed by atoms with Crippen LogP contribution in [0.2, 0.25) is 0 Å². The van der Waals surface area contributed by atoms with E-state index in [9.17, 15) is 14.9 Å². The first-order chi connectivity index (χ1) is 14.0. The van der Waals surface area contributed by atoms with Gasteiger partial charge in [-0.05, 0) is 18.9 Å². The lowest BCUT2D eigenvalue weighted by Crippen LogP contribution is -2.44. The van der Waals surface area contributed by atoms with E-state index in [4.69, 9.17) is 4.74 Å². The summed E-state index contributed by atoms with van der Waals surface area (Å²) < 4.78 is 5.45. The van der Waals surface area contributed by atoms with Crippen LogP contribution in [0, 0.1) is 17.0 Å². The van der Waals surface area contributed by atoms with Crippen molar-refractivity contribution in [2.24, 2.45) is 0 Å². The molecule has 0 bridgehead atoms. The highest BCUT2D eigenvalue weighted by molar-refractivity contribution is 5.96. The second-order valence-electron chi connectivity index (χ2n) is 7.19. The van der Waals surface area contributed by atoms with Crippen molar-refractivity contribution >= 4 is 11.6 Å². The normalized spacial score (nSPS) is 15.8. The van der Waals surface area contributed by atoms with Crippen LogP contribution in [0.4, 0.5) is 5.69 Å². The number of hydrogen-bond acceptors (Lipinski definition) is 6. The molecule has 1 aliphatic heterocycles. The molecule has 0 radical (unpaired) electrons. The van der Waals surface area contributed by atoms with Crippen LogP contribution < -0.4 is 5.32 Å². The van der Waals surface area contributed by atoms with E-state index in [2.05, 4.69) is 26.5 Å². The highest BCUT2D eigenvalue weighted by Gasteiger charge is 2.30. The van der Waals surface area contributed by atoms with Crippen LogP contribution in [0.3, 0.4) is 0 Å². The van der Waals surface area contributed by atoms with E-state index in [1.807, 2.05) is 32.0 Å². The van der Waals surface area contributed by atoms with Gasteiger partial charge in [0.1, 0.15) is 5.69 Å². The van der Waals surface area contributed by atoms with Gasteiger partial charge in [0, 0.05) is 19.6 Å². The Hall–Kier alpha value is -2.78. The van der Waals surface area contributed by atoms with Crippen molar-refractivity contribution in [3.05, 3.63) is 56.9 Å². The van der Waals surface area contributed by atoms with Crippen molar-refractivity contribution in [1.29, 1.82) is 0 Å². The third-order valence-corrected chi connectivity index (χ3v) is 5.08. The van der Waals surface area contributed by atoms with E-state index in [0.29, 0.717) is 31.9 Å². The van der Waals surface area contributed by atoms with Crippen LogP contribution in [0.15, 0.2) is 24.3 Å². The highest BCUT2D eigenvalue weighted by Crippen LogP contribution is 2.24. The van der Waals surface area contributed by atoms with Crippen molar-refractivity contribution in [2.45, 2.75) is 32.7 Å². The molecule has 1 unspecified atom stereocenters. The van der Waals surface area contributed by atoms with Gasteiger partial charge in [0.05, 0.1) is 24.2 Å². The van der Waals surface area contributed by atoms with Gasteiger partial charge in [0.2, 0.25) is 5.69 Å². The van der Waals surface area contributed by atoms with Crippen molar-refractivity contribution < 1.29 is 14.5 Å². The minimum Gasteiger partial charge on any atom is -0.379 e. The molecule has 1 aromatic carbocycles. The SMILES string of the molecule is CCCc1[nH]nc(C(=O)NCC(c2cccc(C)c2)N2CCOCC2)c1[N+](=O)[O-]. The lowest BCUT2D eigenvalue weighted by Gasteiger charge is -2.35. The van der Waals surface area contributed by atoms with Crippen molar-refractivity contribution in [1.82, 2.24) is 20.4 Å². The number of nitro groups is 1. The zero-order valence-corrected chi connectivity index (χ0v) is 16.8. The van der Waals surface area contributed by atoms with Gasteiger partial charge in [-0.3, -0.25) is 24.9 Å². The summed E-state index contributed by atoms with van der Waals surface area (Å²) in [5, 5.41) is 20.9. The molecule has 1 aliphatic rings. The quantitative estimate of drug-likeness (QED) is 0.519. The van der Waals surface area contributed by atoms with E-state index in [-0.39, 0.29) is 17.4 Å². The molecular weight excluding hydrogens is 374 g/mol. The number of ether oxygens (including phenoxy) is 1. The standard InChI is InChI=1S/C20H27N5O4/c1-3-5-16-19(25(27)28)18(23-22-16)20(26)21-13-17(24-8-10-29-11-9-24)15-7-4-6-14(2)12-15/h4,6-7,12,17H,3,5,8-11,13H2,1-2H3,(H,21,26)(H,22,23). The molecule has 2 heterocycles. The monoisotopic (exact) mass is 401 g/mol. The summed E-state index contributed by atoms with van der Waals surface area (Å²) in [5.41, 5.74) is 2.21. The number of benzene rings is 1. The zero-order chi connectivity index (χ0) is 20.8. The number of aromatic nitrogens is 2. The molecule has 156 valence electrons. The Labute approximate surface area is 169 Å². The molecule has 1 aromatic heterocycles. The number of carbonyl (C=O) groups is 1. The molecule has 1 fully saturated rings. The first-order valence-corrected chi connectivity index (χ1v) is 9.89. The Balaban J connectivity index is 1.79. The van der Waals surface area contributed by atoms with Gasteiger partial charge in [0.25, 0.3) is 5.91 Å². The molecule has 2 aromatic rings. The molecule has 9 nitrogen and oxygen atoms in total. The van der Waals surface area contributed by atoms with E-state index >= 15 is 0 Å². The fourth-order valence-corrected chi connectivity index (χ4v) is 3.65. The Kier molecular flexibility index (Phi) is 6.95. The van der Waals surface area contributed by atoms with Gasteiger partial charge in [-0.15, -0.1) is 0 Å². The van der Waals surface area contributed by atoms with Crippen LogP contribution in [-0.4, -0.2) is 58.8 Å². The number of aromatic amines is 1. The third-order valence-electron chi connectivity index (χ3n) is 5.08. The molecule has 0 spiro atoms. The number of nitrogens with one attached hydrogen (secondary N) is 2. The first kappa shape index (κ1) is 20.9. The summed E-state index contributed by atoms with van der Waals surface area (Å²) in [5.74, 6) is -0.541. The number of hydrogen-bond donors (Lipinski definition) is 2. The minimum absolute atomic E-state index is 0.0455. The van der Waals surface area contributed by atoms with E-state index < -0.39 is 10.8 Å². The Morgan fingerprint density at radius 2 is 2.17 bits per heavy atom. The molecule has 0 saturated carbocycles. The second kappa shape index (κ2) is 9.62. The van der Waals surface area contributed by atoms with Crippen LogP contribution in [0.25, 0.3) is 0 Å². The Morgan fingerprint density at radius 3 is 2.83 bits per heavy atom. The molecule has 3 rings (SSSR count). The number of nitrogens with zero attached hydrogens (tertiary/aromatic N) is 3. The summed E-state index contributed by atoms with van der Waals surface area (Å²) in [6.07, 6.45) is 1.19. The molecule has 1 amide bonds. The summed E-state index contributed by atoms with van der Waals surface area (Å²) in [7, 11) is 0. The summed E-state index contributed by atoms with van der Waals surface area (Å²) >= 11 is 0. The number of rotatable bonds is 8. The molecule has 9 heteroatoms. The molecule has 1 saturated heterocycles. The summed E-state index contributed by atoms with van der Waals surface area (Å²) in [4.78, 5) is 25.9. The zero-order valence-electron chi connectivity index (χ0n) is 16.8. The Morgan fingerprint density at radius 1 is 1.41 bits per heavy atom. The maximum absolute atomic E-state index is 12.7. The molecule has 29 heavy (non-hydrogen) atoms. The largest absolute Gasteiger partial charge is 0.379 e. The van der Waals surface area contributed by atoms with Gasteiger partial charge in [-0.25, -0.2) is 0 Å². The van der Waals surface area contributed by atoms with E-state index in [1.165, 1.54) is 0 Å². The fourth-order valence-electron chi connectivity index (χ4n) is 3.65. The lowest BCUT2D eigenvalue weighted by molar-refractivity contribution is -0.385. The van der Waals surface area contributed by atoms with Crippen LogP contribution in [0.5, 0.6) is 0 Å². The summed E-state index contributed by atoms with van der Waals surface area (Å²) in [6.45, 7) is 7.08. The van der Waals surface area contributed by atoms with Crippen LogP contribution in [-0.2, 0) is 11.2 Å². The van der Waals surface area contributed by atoms with Gasteiger partial charge in [-0.2, -0.15) is 5.10 Å². The van der Waals surface area contributed by atoms with Crippen molar-refractivity contribution in [2.75, 3.05) is 32.8 Å². The smallest absolute Gasteiger partial charge is 0.322 e. The first-order valence-electron chi connectivity index (χ1n) is 9.89. The van der Waals surface area contributed by atoms with E-state index in [1.54, 1.807) is 0 Å². The number of morpholine rings is 1.